The zero-order chi connectivity index (χ0) is 33.2. The van der Waals surface area contributed by atoms with Gasteiger partial charge in [-0.15, -0.1) is 0 Å². The molecule has 0 unspecified atom stereocenters. The second-order valence-electron chi connectivity index (χ2n) is 11.5. The molecule has 0 aliphatic rings. The van der Waals surface area contributed by atoms with Crippen LogP contribution in [0.4, 0.5) is 18.9 Å². The predicted octanol–water partition coefficient (Wildman–Crippen LogP) is 1.49. The molecule has 0 aliphatic heterocycles. The Balaban J connectivity index is 2.04. The van der Waals surface area contributed by atoms with Crippen LogP contribution in [0.5, 0.6) is 0 Å². The maximum Gasteiger partial charge on any atom is 0.422 e. The molecule has 0 bridgehead atoms. The van der Waals surface area contributed by atoms with E-state index in [0.29, 0.717) is 0 Å². The van der Waals surface area contributed by atoms with Crippen molar-refractivity contribution in [3.05, 3.63) is 65.2 Å². The summed E-state index contributed by atoms with van der Waals surface area (Å²) in [6, 6.07) is 10.0. The van der Waals surface area contributed by atoms with Crippen LogP contribution in [0.15, 0.2) is 48.5 Å². The number of halogens is 3. The Labute approximate surface area is 254 Å². The van der Waals surface area contributed by atoms with E-state index in [9.17, 15) is 37.1 Å². The average molecular weight is 622 g/mol. The van der Waals surface area contributed by atoms with Crippen molar-refractivity contribution in [2.45, 2.75) is 44.9 Å². The molecule has 0 saturated carbocycles. The first kappa shape index (κ1) is 35.7. The van der Waals surface area contributed by atoms with Gasteiger partial charge >= 0.3 is 6.18 Å². The van der Waals surface area contributed by atoms with Gasteiger partial charge in [0.15, 0.2) is 0 Å². The first-order valence-electron chi connectivity index (χ1n) is 13.9. The highest BCUT2D eigenvalue weighted by molar-refractivity contribution is 5.98. The molecule has 14 heteroatoms. The van der Waals surface area contributed by atoms with Crippen molar-refractivity contribution in [3.63, 3.8) is 0 Å². The number of quaternary nitrogens is 1. The van der Waals surface area contributed by atoms with Crippen molar-refractivity contribution in [2.24, 2.45) is 11.7 Å². The van der Waals surface area contributed by atoms with Gasteiger partial charge in [0.25, 0.3) is 5.91 Å². The topological polar surface area (TPSA) is 159 Å². The lowest BCUT2D eigenvalue weighted by Crippen LogP contribution is -2.51. The highest BCUT2D eigenvalue weighted by atomic mass is 19.4. The Kier molecular flexibility index (Phi) is 12.4. The number of carbonyl (C=O) groups is 5. The Morgan fingerprint density at radius 2 is 1.52 bits per heavy atom. The summed E-state index contributed by atoms with van der Waals surface area (Å²) >= 11 is 0. The summed E-state index contributed by atoms with van der Waals surface area (Å²) in [4.78, 5) is 62.2. The molecule has 2 aromatic carbocycles. The van der Waals surface area contributed by atoms with Crippen LogP contribution in [0.3, 0.4) is 0 Å². The highest BCUT2D eigenvalue weighted by Gasteiger charge is 2.39. The number of rotatable bonds is 14. The third kappa shape index (κ3) is 11.0. The van der Waals surface area contributed by atoms with E-state index in [1.54, 1.807) is 65.3 Å². The van der Waals surface area contributed by atoms with E-state index >= 15 is 0 Å². The van der Waals surface area contributed by atoms with Crippen molar-refractivity contribution in [3.8, 4) is 0 Å². The van der Waals surface area contributed by atoms with Crippen LogP contribution in [0.1, 0.15) is 41.8 Å². The number of nitrogens with zero attached hydrogens (tertiary/aromatic N) is 1. The average Bonchev–Trinajstić information content (AvgIpc) is 2.93. The molecule has 0 aromatic heterocycles. The van der Waals surface area contributed by atoms with E-state index in [4.69, 9.17) is 5.73 Å². The third-order valence-corrected chi connectivity index (χ3v) is 6.55. The Morgan fingerprint density at radius 3 is 2.07 bits per heavy atom. The second-order valence-corrected chi connectivity index (χ2v) is 11.5. The minimum Gasteiger partial charge on any atom is -0.368 e. The van der Waals surface area contributed by atoms with Crippen molar-refractivity contribution in [1.29, 1.82) is 0 Å². The number of benzene rings is 2. The van der Waals surface area contributed by atoms with Gasteiger partial charge in [-0.2, -0.15) is 13.2 Å². The van der Waals surface area contributed by atoms with Crippen LogP contribution in [0, 0.1) is 5.92 Å². The molecule has 0 radical (unpaired) electrons. The number of carbonyl (C=O) groups excluding carboxylic acids is 5. The zero-order valence-corrected chi connectivity index (χ0v) is 25.4. The van der Waals surface area contributed by atoms with Crippen LogP contribution in [0.25, 0.3) is 0 Å². The van der Waals surface area contributed by atoms with E-state index < -0.39 is 65.8 Å². The summed E-state index contributed by atoms with van der Waals surface area (Å²) in [7, 11) is 4.73. The largest absolute Gasteiger partial charge is 0.422 e. The van der Waals surface area contributed by atoms with Crippen LogP contribution in [0.2, 0.25) is 0 Å². The van der Waals surface area contributed by atoms with Crippen molar-refractivity contribution in [2.75, 3.05) is 34.2 Å². The van der Waals surface area contributed by atoms with Gasteiger partial charge in [-0.05, 0) is 23.6 Å². The lowest BCUT2D eigenvalue weighted by molar-refractivity contribution is -0.137. The summed E-state index contributed by atoms with van der Waals surface area (Å²) in [6.45, 7) is 2.74. The van der Waals surface area contributed by atoms with E-state index in [1.165, 1.54) is 12.1 Å². The van der Waals surface area contributed by atoms with Crippen LogP contribution >= 0.6 is 0 Å². The molecule has 0 fully saturated rings. The molecule has 5 amide bonds. The molecule has 0 saturated heterocycles. The summed E-state index contributed by atoms with van der Waals surface area (Å²) < 4.78 is 41.2. The SMILES string of the molecule is CC(C)[C@H](NC(=O)c1ccc([N+](C)(C)C)c(C(F)(F)F)c1)C(=O)NCCC(=O)N[C@@H](Cc1ccccc1)C(=O)NCC(N)=O. The lowest BCUT2D eigenvalue weighted by Gasteiger charge is -2.27. The number of primary amides is 1. The molecule has 11 nitrogen and oxygen atoms in total. The minimum absolute atomic E-state index is 0.0261. The first-order valence-corrected chi connectivity index (χ1v) is 13.9. The zero-order valence-electron chi connectivity index (χ0n) is 25.4. The van der Waals surface area contributed by atoms with Crippen molar-refractivity contribution >= 4 is 35.2 Å². The number of hydrogen-bond acceptors (Lipinski definition) is 5. The fourth-order valence-corrected chi connectivity index (χ4v) is 4.28. The third-order valence-electron chi connectivity index (χ3n) is 6.55. The number of nitrogens with two attached hydrogens (primary N) is 1. The highest BCUT2D eigenvalue weighted by Crippen LogP contribution is 2.38. The molecule has 0 aliphatic carbocycles. The van der Waals surface area contributed by atoms with Gasteiger partial charge in [0.1, 0.15) is 23.3 Å². The summed E-state index contributed by atoms with van der Waals surface area (Å²) in [6.07, 6.45) is -4.79. The van der Waals surface area contributed by atoms with E-state index in [-0.39, 0.29) is 35.1 Å². The van der Waals surface area contributed by atoms with Gasteiger partial charge in [-0.1, -0.05) is 44.2 Å². The molecule has 240 valence electrons. The molecule has 0 spiro atoms. The van der Waals surface area contributed by atoms with Gasteiger partial charge in [0, 0.05) is 31.0 Å². The molecule has 2 atom stereocenters. The second kappa shape index (κ2) is 15.3. The smallest absolute Gasteiger partial charge is 0.368 e. The number of nitrogens with one attached hydrogen (secondary N) is 4. The van der Waals surface area contributed by atoms with Crippen molar-refractivity contribution < 1.29 is 37.1 Å². The van der Waals surface area contributed by atoms with Gasteiger partial charge in [-0.25, -0.2) is 0 Å². The molecule has 2 rings (SSSR count). The maximum atomic E-state index is 13.8. The lowest BCUT2D eigenvalue weighted by atomic mass is 10.0. The fraction of sp³-hybridized carbons (Fsp3) is 0.433. The van der Waals surface area contributed by atoms with Crippen molar-refractivity contribution in [1.82, 2.24) is 25.8 Å². The summed E-state index contributed by atoms with van der Waals surface area (Å²) in [5.74, 6) is -3.87. The Hall–Kier alpha value is -4.46. The van der Waals surface area contributed by atoms with Gasteiger partial charge in [0.05, 0.1) is 27.7 Å². The number of amides is 5. The minimum atomic E-state index is -4.70. The van der Waals surface area contributed by atoms with E-state index in [1.807, 2.05) is 0 Å². The number of hydrogen-bond donors (Lipinski definition) is 5. The molecule has 44 heavy (non-hydrogen) atoms. The Bertz CT molecular complexity index is 1340. The molecular formula is C30H40F3N6O5+. The standard InChI is InChI=1S/C30H39F3N6O5/c1-18(2)26(38-27(42)20-11-12-23(39(3,4)5)21(16-20)30(31,32)33)29(44)35-14-13-25(41)37-22(28(43)36-17-24(34)40)15-19-9-7-6-8-10-19/h6-12,16,18,22,26H,13-15,17H2,1-5H3,(H5-,34,35,36,37,38,40,41,42,43,44)/p+1/t22-,26-/m0/s1. The Morgan fingerprint density at radius 1 is 0.886 bits per heavy atom. The molecule has 2 aromatic rings. The normalized spacial score (nSPS) is 13.0. The van der Waals surface area contributed by atoms with Gasteiger partial charge < -0.3 is 27.0 Å². The molecular weight excluding hydrogens is 581 g/mol. The van der Waals surface area contributed by atoms with Crippen LogP contribution < -0.4 is 31.5 Å². The van der Waals surface area contributed by atoms with E-state index in [0.717, 1.165) is 11.6 Å². The maximum absolute atomic E-state index is 13.8. The van der Waals surface area contributed by atoms with Crippen LogP contribution in [-0.4, -0.2) is 75.9 Å². The summed E-state index contributed by atoms with van der Waals surface area (Å²) in [5.41, 5.74) is 4.60. The molecule has 0 heterocycles. The predicted molar refractivity (Wildman–Crippen MR) is 159 cm³/mol. The van der Waals surface area contributed by atoms with Gasteiger partial charge in [-0.3, -0.25) is 28.5 Å². The fourth-order valence-electron chi connectivity index (χ4n) is 4.28. The number of alkyl halides is 3. The summed E-state index contributed by atoms with van der Waals surface area (Å²) in [5, 5.41) is 9.99. The monoisotopic (exact) mass is 621 g/mol. The van der Waals surface area contributed by atoms with E-state index in [2.05, 4.69) is 21.3 Å². The quantitative estimate of drug-likeness (QED) is 0.202. The first-order chi connectivity index (χ1) is 20.4. The molecule has 6 N–H and O–H groups in total. The van der Waals surface area contributed by atoms with Gasteiger partial charge in [0.2, 0.25) is 23.6 Å². The van der Waals surface area contributed by atoms with Crippen LogP contribution in [-0.2, 0) is 31.8 Å².